The first-order chi connectivity index (χ1) is 6.04. The molecule has 0 aliphatic carbocycles. The molecule has 0 radical (unpaired) electrons. The van der Waals surface area contributed by atoms with E-state index in [0.29, 0.717) is 12.4 Å². The van der Waals surface area contributed by atoms with Crippen molar-refractivity contribution in [2.24, 2.45) is 5.73 Å². The molecular formula is C7H6F2N2O2. The Balaban J connectivity index is 3.20. The number of aliphatic carboxylic acids is 1. The van der Waals surface area contributed by atoms with Gasteiger partial charge in [-0.25, -0.2) is 8.78 Å². The predicted octanol–water partition coefficient (Wildman–Crippen LogP) is 0.444. The summed E-state index contributed by atoms with van der Waals surface area (Å²) >= 11 is 0. The summed E-state index contributed by atoms with van der Waals surface area (Å²) in [7, 11) is 0. The SMILES string of the molecule is N[C@H](C(=O)O)c1c(F)cncc1F. The van der Waals surface area contributed by atoms with Gasteiger partial charge in [-0.05, 0) is 0 Å². The third-order valence-electron chi connectivity index (χ3n) is 1.47. The molecule has 0 bridgehead atoms. The topological polar surface area (TPSA) is 76.2 Å². The number of pyridine rings is 1. The van der Waals surface area contributed by atoms with Gasteiger partial charge in [0.25, 0.3) is 0 Å². The van der Waals surface area contributed by atoms with Gasteiger partial charge in [-0.2, -0.15) is 0 Å². The van der Waals surface area contributed by atoms with Crippen LogP contribution in [0.5, 0.6) is 0 Å². The van der Waals surface area contributed by atoms with Crippen molar-refractivity contribution < 1.29 is 18.7 Å². The Labute approximate surface area is 72.0 Å². The summed E-state index contributed by atoms with van der Waals surface area (Å²) in [5.74, 6) is -3.62. The average Bonchev–Trinajstić information content (AvgIpc) is 2.03. The summed E-state index contributed by atoms with van der Waals surface area (Å²) in [6.07, 6.45) is 1.42. The van der Waals surface area contributed by atoms with Crippen molar-refractivity contribution in [1.29, 1.82) is 0 Å². The quantitative estimate of drug-likeness (QED) is 0.706. The lowest BCUT2D eigenvalue weighted by Crippen LogP contribution is -2.23. The maximum atomic E-state index is 12.8. The number of hydrogen-bond donors (Lipinski definition) is 2. The maximum Gasteiger partial charge on any atom is 0.325 e. The minimum Gasteiger partial charge on any atom is -0.480 e. The van der Waals surface area contributed by atoms with Crippen molar-refractivity contribution in [2.75, 3.05) is 0 Å². The zero-order chi connectivity index (χ0) is 10.0. The van der Waals surface area contributed by atoms with Gasteiger partial charge in [0.15, 0.2) is 0 Å². The summed E-state index contributed by atoms with van der Waals surface area (Å²) in [5.41, 5.74) is 4.35. The molecule has 13 heavy (non-hydrogen) atoms. The van der Waals surface area contributed by atoms with E-state index >= 15 is 0 Å². The van der Waals surface area contributed by atoms with Crippen molar-refractivity contribution in [1.82, 2.24) is 4.98 Å². The smallest absolute Gasteiger partial charge is 0.325 e. The van der Waals surface area contributed by atoms with Crippen molar-refractivity contribution in [3.8, 4) is 0 Å². The third-order valence-corrected chi connectivity index (χ3v) is 1.47. The summed E-state index contributed by atoms with van der Waals surface area (Å²) in [5, 5.41) is 8.41. The van der Waals surface area contributed by atoms with E-state index in [2.05, 4.69) is 4.98 Å². The van der Waals surface area contributed by atoms with Gasteiger partial charge in [0.05, 0.1) is 18.0 Å². The first-order valence-corrected chi connectivity index (χ1v) is 3.31. The Morgan fingerprint density at radius 1 is 1.46 bits per heavy atom. The number of halogens is 2. The number of hydrogen-bond acceptors (Lipinski definition) is 3. The molecule has 6 heteroatoms. The number of rotatable bonds is 2. The van der Waals surface area contributed by atoms with E-state index in [1.165, 1.54) is 0 Å². The van der Waals surface area contributed by atoms with Crippen LogP contribution in [0.4, 0.5) is 8.78 Å². The Bertz CT molecular complexity index is 323. The molecule has 0 amide bonds. The van der Waals surface area contributed by atoms with Gasteiger partial charge in [0.2, 0.25) is 0 Å². The van der Waals surface area contributed by atoms with Crippen LogP contribution in [0.1, 0.15) is 11.6 Å². The number of carboxylic acid groups (broad SMARTS) is 1. The van der Waals surface area contributed by atoms with E-state index in [0.717, 1.165) is 0 Å². The van der Waals surface area contributed by atoms with Crippen LogP contribution in [-0.2, 0) is 4.79 Å². The van der Waals surface area contributed by atoms with E-state index in [-0.39, 0.29) is 0 Å². The molecule has 4 nitrogen and oxygen atoms in total. The van der Waals surface area contributed by atoms with Crippen molar-refractivity contribution in [3.63, 3.8) is 0 Å². The lowest BCUT2D eigenvalue weighted by Gasteiger charge is -2.07. The molecule has 0 saturated heterocycles. The van der Waals surface area contributed by atoms with Crippen LogP contribution >= 0.6 is 0 Å². The second-order valence-corrected chi connectivity index (χ2v) is 2.33. The Hall–Kier alpha value is -1.56. The molecule has 1 aromatic rings. The van der Waals surface area contributed by atoms with Crippen LogP contribution in [0.15, 0.2) is 12.4 Å². The normalized spacial score (nSPS) is 12.5. The monoisotopic (exact) mass is 188 g/mol. The van der Waals surface area contributed by atoms with Crippen LogP contribution in [-0.4, -0.2) is 16.1 Å². The molecule has 1 rings (SSSR count). The first kappa shape index (κ1) is 9.53. The number of nitrogens with two attached hydrogens (primary N) is 1. The van der Waals surface area contributed by atoms with E-state index in [9.17, 15) is 13.6 Å². The minimum absolute atomic E-state index is 0.678. The summed E-state index contributed by atoms with van der Waals surface area (Å²) in [6.45, 7) is 0. The molecule has 0 aliphatic rings. The summed E-state index contributed by atoms with van der Waals surface area (Å²) in [4.78, 5) is 13.5. The molecule has 0 aromatic carbocycles. The van der Waals surface area contributed by atoms with Crippen LogP contribution in [0.25, 0.3) is 0 Å². The standard InChI is InChI=1S/C7H6F2N2O2/c8-3-1-11-2-4(9)5(3)6(10)7(12)13/h1-2,6H,10H2,(H,12,13)/t6-/m0/s1. The highest BCUT2D eigenvalue weighted by molar-refractivity contribution is 5.75. The Morgan fingerprint density at radius 3 is 2.31 bits per heavy atom. The molecule has 0 fully saturated rings. The zero-order valence-corrected chi connectivity index (χ0v) is 6.37. The number of carbonyl (C=O) groups is 1. The van der Waals surface area contributed by atoms with Crippen LogP contribution in [0.3, 0.4) is 0 Å². The molecule has 1 atom stereocenters. The molecular weight excluding hydrogens is 182 g/mol. The lowest BCUT2D eigenvalue weighted by molar-refractivity contribution is -0.138. The fourth-order valence-corrected chi connectivity index (χ4v) is 0.842. The Kier molecular flexibility index (Phi) is 2.52. The van der Waals surface area contributed by atoms with Gasteiger partial charge in [0, 0.05) is 0 Å². The molecule has 0 aliphatic heterocycles. The molecule has 0 unspecified atom stereocenters. The van der Waals surface area contributed by atoms with Gasteiger partial charge in [-0.15, -0.1) is 0 Å². The van der Waals surface area contributed by atoms with Crippen LogP contribution in [0.2, 0.25) is 0 Å². The van der Waals surface area contributed by atoms with Gasteiger partial charge in [-0.3, -0.25) is 9.78 Å². The second kappa shape index (κ2) is 3.44. The minimum atomic E-state index is -1.71. The van der Waals surface area contributed by atoms with Gasteiger partial charge in [0.1, 0.15) is 17.7 Å². The van der Waals surface area contributed by atoms with Crippen LogP contribution in [0, 0.1) is 11.6 Å². The summed E-state index contributed by atoms with van der Waals surface area (Å²) < 4.78 is 25.6. The van der Waals surface area contributed by atoms with Gasteiger partial charge in [-0.1, -0.05) is 0 Å². The molecule has 0 saturated carbocycles. The molecule has 1 aromatic heterocycles. The zero-order valence-electron chi connectivity index (χ0n) is 6.37. The number of carboxylic acids is 1. The van der Waals surface area contributed by atoms with Crippen molar-refractivity contribution >= 4 is 5.97 Å². The molecule has 0 spiro atoms. The fraction of sp³-hybridized carbons (Fsp3) is 0.143. The van der Waals surface area contributed by atoms with E-state index in [4.69, 9.17) is 10.8 Å². The molecule has 70 valence electrons. The molecule has 1 heterocycles. The van der Waals surface area contributed by atoms with Crippen LogP contribution < -0.4 is 5.73 Å². The third kappa shape index (κ3) is 1.78. The average molecular weight is 188 g/mol. The first-order valence-electron chi connectivity index (χ1n) is 3.31. The summed E-state index contributed by atoms with van der Waals surface area (Å²) in [6, 6.07) is -1.71. The Morgan fingerprint density at radius 2 is 1.92 bits per heavy atom. The highest BCUT2D eigenvalue weighted by Crippen LogP contribution is 2.17. The number of nitrogens with zero attached hydrogens (tertiary/aromatic N) is 1. The van der Waals surface area contributed by atoms with E-state index in [1.54, 1.807) is 0 Å². The van der Waals surface area contributed by atoms with Crippen molar-refractivity contribution in [2.45, 2.75) is 6.04 Å². The largest absolute Gasteiger partial charge is 0.480 e. The van der Waals surface area contributed by atoms with E-state index in [1.807, 2.05) is 0 Å². The highest BCUT2D eigenvalue weighted by Gasteiger charge is 2.22. The molecule has 3 N–H and O–H groups in total. The highest BCUT2D eigenvalue weighted by atomic mass is 19.1. The predicted molar refractivity (Wildman–Crippen MR) is 38.7 cm³/mol. The fourth-order valence-electron chi connectivity index (χ4n) is 0.842. The lowest BCUT2D eigenvalue weighted by atomic mass is 10.1. The maximum absolute atomic E-state index is 12.8. The van der Waals surface area contributed by atoms with E-state index < -0.39 is 29.2 Å². The second-order valence-electron chi connectivity index (χ2n) is 2.33. The van der Waals surface area contributed by atoms with Gasteiger partial charge < -0.3 is 10.8 Å². The number of aromatic nitrogens is 1. The van der Waals surface area contributed by atoms with Crippen molar-refractivity contribution in [3.05, 3.63) is 29.6 Å². The van der Waals surface area contributed by atoms with Gasteiger partial charge >= 0.3 is 5.97 Å².